The lowest BCUT2D eigenvalue weighted by atomic mass is 9.82. The summed E-state index contributed by atoms with van der Waals surface area (Å²) in [6.45, 7) is 2.94. The molecule has 0 aromatic heterocycles. The van der Waals surface area contributed by atoms with Crippen LogP contribution in [-0.4, -0.2) is 30.6 Å². The number of amides is 2. The monoisotopic (exact) mass is 420 g/mol. The third kappa shape index (κ3) is 5.08. The van der Waals surface area contributed by atoms with Gasteiger partial charge in [0.05, 0.1) is 12.6 Å². The van der Waals surface area contributed by atoms with Crippen LogP contribution in [0.1, 0.15) is 37.3 Å². The number of morpholine rings is 1. The van der Waals surface area contributed by atoms with E-state index >= 15 is 0 Å². The minimum atomic E-state index is -0.225. The topological polar surface area (TPSA) is 76.7 Å². The van der Waals surface area contributed by atoms with Crippen molar-refractivity contribution in [3.8, 4) is 5.75 Å². The number of ether oxygens (including phenoxy) is 2. The SMILES string of the molecule is CCOc1ccccc1CNC(=O)C1CCC2O/C(=C\c3ccccc3)C(=O)NC2C1. The normalized spacial score (nSPS) is 24.0. The molecular formula is C25H28N2O4. The maximum atomic E-state index is 12.8. The van der Waals surface area contributed by atoms with Crippen molar-refractivity contribution in [3.05, 3.63) is 71.5 Å². The van der Waals surface area contributed by atoms with Crippen molar-refractivity contribution < 1.29 is 19.1 Å². The molecule has 1 heterocycles. The van der Waals surface area contributed by atoms with Crippen LogP contribution >= 0.6 is 0 Å². The van der Waals surface area contributed by atoms with E-state index in [-0.39, 0.29) is 29.9 Å². The Balaban J connectivity index is 1.34. The van der Waals surface area contributed by atoms with E-state index in [0.29, 0.717) is 25.3 Å². The third-order valence-corrected chi connectivity index (χ3v) is 5.80. The summed E-state index contributed by atoms with van der Waals surface area (Å²) in [7, 11) is 0. The summed E-state index contributed by atoms with van der Waals surface area (Å²) in [6, 6.07) is 17.2. The number of fused-ring (bicyclic) bond motifs is 1. The van der Waals surface area contributed by atoms with Crippen molar-refractivity contribution in [3.63, 3.8) is 0 Å². The molecule has 2 N–H and O–H groups in total. The first-order valence-electron chi connectivity index (χ1n) is 10.9. The van der Waals surface area contributed by atoms with E-state index in [1.807, 2.05) is 61.5 Å². The molecule has 0 radical (unpaired) electrons. The molecule has 2 fully saturated rings. The predicted molar refractivity (Wildman–Crippen MR) is 118 cm³/mol. The first-order valence-corrected chi connectivity index (χ1v) is 10.9. The number of para-hydroxylation sites is 1. The van der Waals surface area contributed by atoms with Crippen molar-refractivity contribution in [1.29, 1.82) is 0 Å². The maximum Gasteiger partial charge on any atom is 0.286 e. The fourth-order valence-electron chi connectivity index (χ4n) is 4.20. The van der Waals surface area contributed by atoms with Crippen LogP contribution in [0.3, 0.4) is 0 Å². The van der Waals surface area contributed by atoms with Crippen LogP contribution in [0.2, 0.25) is 0 Å². The zero-order chi connectivity index (χ0) is 21.6. The van der Waals surface area contributed by atoms with E-state index < -0.39 is 0 Å². The van der Waals surface area contributed by atoms with Crippen LogP contribution in [0.4, 0.5) is 0 Å². The van der Waals surface area contributed by atoms with Gasteiger partial charge in [-0.3, -0.25) is 9.59 Å². The summed E-state index contributed by atoms with van der Waals surface area (Å²) >= 11 is 0. The van der Waals surface area contributed by atoms with Gasteiger partial charge in [-0.15, -0.1) is 0 Å². The second kappa shape index (κ2) is 9.69. The molecule has 3 atom stereocenters. The lowest BCUT2D eigenvalue weighted by molar-refractivity contribution is -0.134. The molecule has 4 rings (SSSR count). The molecule has 162 valence electrons. The minimum Gasteiger partial charge on any atom is -0.494 e. The van der Waals surface area contributed by atoms with Gasteiger partial charge in [0, 0.05) is 18.0 Å². The lowest BCUT2D eigenvalue weighted by Crippen LogP contribution is -2.54. The van der Waals surface area contributed by atoms with Crippen LogP contribution in [0.5, 0.6) is 5.75 Å². The largest absolute Gasteiger partial charge is 0.494 e. The average Bonchev–Trinajstić information content (AvgIpc) is 2.79. The maximum absolute atomic E-state index is 12.8. The van der Waals surface area contributed by atoms with Crippen molar-refractivity contribution in [2.45, 2.75) is 44.9 Å². The zero-order valence-electron chi connectivity index (χ0n) is 17.7. The predicted octanol–water partition coefficient (Wildman–Crippen LogP) is 3.43. The van der Waals surface area contributed by atoms with Gasteiger partial charge in [0.25, 0.3) is 5.91 Å². The molecule has 1 saturated carbocycles. The second-order valence-corrected chi connectivity index (χ2v) is 7.92. The average molecular weight is 421 g/mol. The molecule has 2 aliphatic rings. The fraction of sp³-hybridized carbons (Fsp3) is 0.360. The number of benzene rings is 2. The zero-order valence-corrected chi connectivity index (χ0v) is 17.7. The first-order chi connectivity index (χ1) is 15.1. The molecule has 31 heavy (non-hydrogen) atoms. The number of carbonyl (C=O) groups is 2. The number of hydrogen-bond acceptors (Lipinski definition) is 4. The molecule has 1 aliphatic heterocycles. The molecule has 2 amide bonds. The Hall–Kier alpha value is -3.28. The van der Waals surface area contributed by atoms with Crippen molar-refractivity contribution >= 4 is 17.9 Å². The van der Waals surface area contributed by atoms with Gasteiger partial charge in [0.2, 0.25) is 5.91 Å². The van der Waals surface area contributed by atoms with Crippen molar-refractivity contribution in [1.82, 2.24) is 10.6 Å². The molecule has 3 unspecified atom stereocenters. The Morgan fingerprint density at radius 3 is 2.74 bits per heavy atom. The van der Waals surface area contributed by atoms with E-state index in [4.69, 9.17) is 9.47 Å². The van der Waals surface area contributed by atoms with Gasteiger partial charge in [-0.25, -0.2) is 0 Å². The summed E-state index contributed by atoms with van der Waals surface area (Å²) in [4.78, 5) is 25.3. The van der Waals surface area contributed by atoms with E-state index in [0.717, 1.165) is 29.7 Å². The van der Waals surface area contributed by atoms with Gasteiger partial charge in [0.1, 0.15) is 11.9 Å². The molecular weight excluding hydrogens is 392 g/mol. The van der Waals surface area contributed by atoms with E-state index in [2.05, 4.69) is 10.6 Å². The molecule has 2 aromatic carbocycles. The highest BCUT2D eigenvalue weighted by Crippen LogP contribution is 2.31. The fourth-order valence-corrected chi connectivity index (χ4v) is 4.20. The Bertz CT molecular complexity index is 957. The van der Waals surface area contributed by atoms with Crippen LogP contribution in [0.15, 0.2) is 60.4 Å². The van der Waals surface area contributed by atoms with Crippen molar-refractivity contribution in [2.24, 2.45) is 5.92 Å². The summed E-state index contributed by atoms with van der Waals surface area (Å²) in [5, 5.41) is 6.07. The second-order valence-electron chi connectivity index (χ2n) is 7.92. The number of rotatable bonds is 6. The molecule has 6 heteroatoms. The van der Waals surface area contributed by atoms with Crippen LogP contribution in [-0.2, 0) is 20.9 Å². The van der Waals surface area contributed by atoms with E-state index in [1.54, 1.807) is 6.08 Å². The standard InChI is InChI=1S/C25H28N2O4/c1-2-30-21-11-7-6-10-19(21)16-26-24(28)18-12-13-22-20(15-18)27-25(29)23(31-22)14-17-8-4-3-5-9-17/h3-11,14,18,20,22H,2,12-13,15-16H2,1H3,(H,26,28)(H,27,29)/b23-14-. The smallest absolute Gasteiger partial charge is 0.286 e. The van der Waals surface area contributed by atoms with Gasteiger partial charge < -0.3 is 20.1 Å². The van der Waals surface area contributed by atoms with E-state index in [1.165, 1.54) is 0 Å². The molecule has 1 aliphatic carbocycles. The molecule has 1 saturated heterocycles. The Morgan fingerprint density at radius 2 is 1.94 bits per heavy atom. The first kappa shape index (κ1) is 21.0. The van der Waals surface area contributed by atoms with Gasteiger partial charge in [-0.1, -0.05) is 48.5 Å². The number of hydrogen-bond donors (Lipinski definition) is 2. The third-order valence-electron chi connectivity index (χ3n) is 5.80. The molecule has 0 spiro atoms. The van der Waals surface area contributed by atoms with Gasteiger partial charge in [-0.2, -0.15) is 0 Å². The minimum absolute atomic E-state index is 0.00428. The Morgan fingerprint density at radius 1 is 1.16 bits per heavy atom. The van der Waals surface area contributed by atoms with Crippen LogP contribution in [0, 0.1) is 5.92 Å². The van der Waals surface area contributed by atoms with Gasteiger partial charge in [0.15, 0.2) is 5.76 Å². The highest BCUT2D eigenvalue weighted by molar-refractivity contribution is 5.96. The highest BCUT2D eigenvalue weighted by Gasteiger charge is 2.40. The molecule has 2 aromatic rings. The van der Waals surface area contributed by atoms with Crippen LogP contribution < -0.4 is 15.4 Å². The summed E-state index contributed by atoms with van der Waals surface area (Å²) < 4.78 is 11.6. The van der Waals surface area contributed by atoms with Crippen LogP contribution in [0.25, 0.3) is 6.08 Å². The highest BCUT2D eigenvalue weighted by atomic mass is 16.5. The van der Waals surface area contributed by atoms with Gasteiger partial charge in [-0.05, 0) is 43.9 Å². The number of nitrogens with one attached hydrogen (secondary N) is 2. The summed E-state index contributed by atoms with van der Waals surface area (Å²) in [5.74, 6) is 0.757. The lowest BCUT2D eigenvalue weighted by Gasteiger charge is -2.39. The quantitative estimate of drug-likeness (QED) is 0.702. The van der Waals surface area contributed by atoms with Gasteiger partial charge >= 0.3 is 0 Å². The molecule has 0 bridgehead atoms. The summed E-state index contributed by atoms with van der Waals surface area (Å²) in [5.41, 5.74) is 1.88. The number of carbonyl (C=O) groups excluding carboxylic acids is 2. The Kier molecular flexibility index (Phi) is 6.55. The summed E-state index contributed by atoms with van der Waals surface area (Å²) in [6.07, 6.45) is 3.70. The molecule has 6 nitrogen and oxygen atoms in total. The van der Waals surface area contributed by atoms with Crippen molar-refractivity contribution in [2.75, 3.05) is 6.61 Å². The Labute approximate surface area is 182 Å². The van der Waals surface area contributed by atoms with E-state index in [9.17, 15) is 9.59 Å².